The van der Waals surface area contributed by atoms with E-state index in [2.05, 4.69) is 27.5 Å². The Labute approximate surface area is 113 Å². The summed E-state index contributed by atoms with van der Waals surface area (Å²) in [6.07, 6.45) is 1.65. The Morgan fingerprint density at radius 1 is 1.33 bits per heavy atom. The van der Waals surface area contributed by atoms with Gasteiger partial charge in [0.1, 0.15) is 11.6 Å². The number of halogens is 2. The molecule has 0 atom stereocenters. The first-order chi connectivity index (χ1) is 8.56. The minimum atomic E-state index is -0.288. The van der Waals surface area contributed by atoms with Crippen LogP contribution < -0.4 is 4.74 Å². The molecule has 0 aliphatic rings. The van der Waals surface area contributed by atoms with Crippen molar-refractivity contribution in [1.29, 1.82) is 0 Å². The second-order valence-corrected chi connectivity index (χ2v) is 4.72. The van der Waals surface area contributed by atoms with Crippen molar-refractivity contribution in [3.8, 4) is 5.88 Å². The van der Waals surface area contributed by atoms with Crippen molar-refractivity contribution in [1.82, 2.24) is 4.98 Å². The van der Waals surface area contributed by atoms with E-state index in [9.17, 15) is 4.39 Å². The maximum Gasteiger partial charge on any atom is 0.222 e. The molecule has 0 spiro atoms. The van der Waals surface area contributed by atoms with Crippen molar-refractivity contribution in [2.24, 2.45) is 0 Å². The number of rotatable bonds is 3. The van der Waals surface area contributed by atoms with Crippen molar-refractivity contribution >= 4 is 21.7 Å². The van der Waals surface area contributed by atoms with E-state index >= 15 is 0 Å². The summed E-state index contributed by atoms with van der Waals surface area (Å²) in [6.45, 7) is 5.71. The first-order valence-electron chi connectivity index (χ1n) is 5.31. The van der Waals surface area contributed by atoms with Gasteiger partial charge in [0, 0.05) is 21.8 Å². The van der Waals surface area contributed by atoms with Gasteiger partial charge in [-0.1, -0.05) is 6.58 Å². The average Bonchev–Trinajstić information content (AvgIpc) is 2.33. The van der Waals surface area contributed by atoms with Crippen LogP contribution in [0.15, 0.2) is 47.6 Å². The first-order valence-corrected chi connectivity index (χ1v) is 6.10. The standard InChI is InChI=1S/C14H11BrFNO/c1-9-7-12(15)8-17-14(9)18-10(2)11-3-5-13(16)6-4-11/h3-8H,2H2,1H3. The molecule has 2 nitrogen and oxygen atoms in total. The third kappa shape index (κ3) is 2.96. The number of ether oxygens (including phenoxy) is 1. The Hall–Kier alpha value is -1.68. The molecular formula is C14H11BrFNO. The molecule has 18 heavy (non-hydrogen) atoms. The monoisotopic (exact) mass is 307 g/mol. The SMILES string of the molecule is C=C(Oc1ncc(Br)cc1C)c1ccc(F)cc1. The lowest BCUT2D eigenvalue weighted by Crippen LogP contribution is -1.97. The minimum Gasteiger partial charge on any atom is -0.439 e. The largest absolute Gasteiger partial charge is 0.439 e. The molecule has 0 aliphatic heterocycles. The number of nitrogens with zero attached hydrogens (tertiary/aromatic N) is 1. The highest BCUT2D eigenvalue weighted by molar-refractivity contribution is 9.10. The van der Waals surface area contributed by atoms with Crippen molar-refractivity contribution in [3.63, 3.8) is 0 Å². The molecule has 0 saturated heterocycles. The zero-order valence-corrected chi connectivity index (χ0v) is 11.4. The van der Waals surface area contributed by atoms with E-state index in [-0.39, 0.29) is 5.82 Å². The molecule has 0 fully saturated rings. The number of aryl methyl sites for hydroxylation is 1. The summed E-state index contributed by atoms with van der Waals surface area (Å²) in [6, 6.07) is 7.87. The molecule has 0 aliphatic carbocycles. The van der Waals surface area contributed by atoms with Crippen LogP contribution in [0, 0.1) is 12.7 Å². The molecule has 1 aromatic heterocycles. The molecule has 0 amide bonds. The van der Waals surface area contributed by atoms with Gasteiger partial charge in [-0.3, -0.25) is 0 Å². The maximum absolute atomic E-state index is 12.8. The summed E-state index contributed by atoms with van der Waals surface area (Å²) in [4.78, 5) is 4.16. The van der Waals surface area contributed by atoms with Crippen LogP contribution in [-0.4, -0.2) is 4.98 Å². The molecule has 92 valence electrons. The van der Waals surface area contributed by atoms with E-state index in [1.807, 2.05) is 13.0 Å². The number of hydrogen-bond acceptors (Lipinski definition) is 2. The Morgan fingerprint density at radius 2 is 2.00 bits per heavy atom. The Balaban J connectivity index is 2.18. The van der Waals surface area contributed by atoms with E-state index in [4.69, 9.17) is 4.74 Å². The summed E-state index contributed by atoms with van der Waals surface area (Å²) in [5, 5.41) is 0. The fourth-order valence-corrected chi connectivity index (χ4v) is 1.89. The van der Waals surface area contributed by atoms with E-state index in [1.165, 1.54) is 12.1 Å². The first kappa shape index (κ1) is 12.8. The summed E-state index contributed by atoms with van der Waals surface area (Å²) in [5.74, 6) is 0.643. The van der Waals surface area contributed by atoms with Crippen LogP contribution in [0.1, 0.15) is 11.1 Å². The molecule has 0 saturated carbocycles. The molecular weight excluding hydrogens is 297 g/mol. The molecule has 4 heteroatoms. The highest BCUT2D eigenvalue weighted by atomic mass is 79.9. The van der Waals surface area contributed by atoms with Crippen LogP contribution in [0.25, 0.3) is 5.76 Å². The van der Waals surface area contributed by atoms with Gasteiger partial charge in [0.25, 0.3) is 0 Å². The second-order valence-electron chi connectivity index (χ2n) is 3.81. The normalized spacial score (nSPS) is 10.2. The molecule has 2 rings (SSSR count). The van der Waals surface area contributed by atoms with E-state index < -0.39 is 0 Å². The topological polar surface area (TPSA) is 22.1 Å². The molecule has 0 bridgehead atoms. The predicted molar refractivity (Wildman–Crippen MR) is 72.7 cm³/mol. The summed E-state index contributed by atoms with van der Waals surface area (Å²) < 4.78 is 19.3. The lowest BCUT2D eigenvalue weighted by Gasteiger charge is -2.10. The van der Waals surface area contributed by atoms with Gasteiger partial charge < -0.3 is 4.74 Å². The lowest BCUT2D eigenvalue weighted by molar-refractivity contribution is 0.490. The number of aromatic nitrogens is 1. The van der Waals surface area contributed by atoms with E-state index in [1.54, 1.807) is 18.3 Å². The zero-order chi connectivity index (χ0) is 13.1. The summed E-state index contributed by atoms with van der Waals surface area (Å²) in [5.41, 5.74) is 1.62. The molecule has 1 heterocycles. The predicted octanol–water partition coefficient (Wildman–Crippen LogP) is 4.34. The molecule has 2 aromatic rings. The van der Waals surface area contributed by atoms with Crippen molar-refractivity contribution in [3.05, 3.63) is 64.5 Å². The Kier molecular flexibility index (Phi) is 3.77. The lowest BCUT2D eigenvalue weighted by atomic mass is 10.2. The third-order valence-corrected chi connectivity index (χ3v) is 2.82. The molecule has 0 N–H and O–H groups in total. The third-order valence-electron chi connectivity index (χ3n) is 2.38. The van der Waals surface area contributed by atoms with Crippen LogP contribution in [0.4, 0.5) is 4.39 Å². The minimum absolute atomic E-state index is 0.288. The Bertz CT molecular complexity index is 581. The highest BCUT2D eigenvalue weighted by Crippen LogP contribution is 2.23. The van der Waals surface area contributed by atoms with E-state index in [0.717, 1.165) is 15.6 Å². The van der Waals surface area contributed by atoms with Crippen LogP contribution >= 0.6 is 15.9 Å². The highest BCUT2D eigenvalue weighted by Gasteiger charge is 2.06. The van der Waals surface area contributed by atoms with Crippen molar-refractivity contribution in [2.45, 2.75) is 6.92 Å². The van der Waals surface area contributed by atoms with Gasteiger partial charge in [-0.25, -0.2) is 9.37 Å². The number of hydrogen-bond donors (Lipinski definition) is 0. The zero-order valence-electron chi connectivity index (χ0n) is 9.78. The molecule has 0 radical (unpaired) electrons. The fourth-order valence-electron chi connectivity index (χ4n) is 1.45. The van der Waals surface area contributed by atoms with Crippen LogP contribution in [0.5, 0.6) is 5.88 Å². The van der Waals surface area contributed by atoms with Gasteiger partial charge in [-0.2, -0.15) is 0 Å². The second kappa shape index (κ2) is 5.31. The smallest absolute Gasteiger partial charge is 0.222 e. The van der Waals surface area contributed by atoms with Crippen molar-refractivity contribution < 1.29 is 9.13 Å². The van der Waals surface area contributed by atoms with E-state index in [0.29, 0.717) is 11.6 Å². The van der Waals surface area contributed by atoms with Crippen LogP contribution in [-0.2, 0) is 0 Å². The van der Waals surface area contributed by atoms with Crippen LogP contribution in [0.2, 0.25) is 0 Å². The quantitative estimate of drug-likeness (QED) is 0.787. The van der Waals surface area contributed by atoms with Gasteiger partial charge in [0.05, 0.1) is 0 Å². The van der Waals surface area contributed by atoms with Gasteiger partial charge in [0.15, 0.2) is 0 Å². The van der Waals surface area contributed by atoms with Gasteiger partial charge in [-0.15, -0.1) is 0 Å². The summed E-state index contributed by atoms with van der Waals surface area (Å²) >= 11 is 3.33. The average molecular weight is 308 g/mol. The van der Waals surface area contributed by atoms with Gasteiger partial charge in [-0.05, 0) is 53.2 Å². The number of benzene rings is 1. The van der Waals surface area contributed by atoms with Crippen LogP contribution in [0.3, 0.4) is 0 Å². The van der Waals surface area contributed by atoms with Gasteiger partial charge >= 0.3 is 0 Å². The van der Waals surface area contributed by atoms with Gasteiger partial charge in [0.2, 0.25) is 5.88 Å². The molecule has 0 unspecified atom stereocenters. The fraction of sp³-hybridized carbons (Fsp3) is 0.0714. The number of pyridine rings is 1. The summed E-state index contributed by atoms with van der Waals surface area (Å²) in [7, 11) is 0. The van der Waals surface area contributed by atoms with Crippen molar-refractivity contribution in [2.75, 3.05) is 0 Å². The maximum atomic E-state index is 12.8. The molecule has 1 aromatic carbocycles. The Morgan fingerprint density at radius 3 is 2.61 bits per heavy atom.